The summed E-state index contributed by atoms with van der Waals surface area (Å²) in [5.74, 6) is 0.130. The molecule has 0 aliphatic carbocycles. The van der Waals surface area contributed by atoms with Gasteiger partial charge in [0.25, 0.3) is 12.3 Å². The molecule has 106 valence electrons. The van der Waals surface area contributed by atoms with Crippen LogP contribution in [0.15, 0.2) is 30.5 Å². The molecule has 0 radical (unpaired) electrons. The Balaban J connectivity index is 2.40. The molecule has 0 saturated heterocycles. The number of hydrogen-bond acceptors (Lipinski definition) is 3. The second-order valence-electron chi connectivity index (χ2n) is 4.20. The van der Waals surface area contributed by atoms with Crippen LogP contribution in [0.2, 0.25) is 0 Å². The van der Waals surface area contributed by atoms with E-state index in [0.717, 1.165) is 5.39 Å². The lowest BCUT2D eigenvalue weighted by Crippen LogP contribution is -2.28. The Labute approximate surface area is 115 Å². The van der Waals surface area contributed by atoms with E-state index >= 15 is 0 Å². The molecule has 0 aliphatic rings. The maximum Gasteiger partial charge on any atom is 0.255 e. The second-order valence-corrected chi connectivity index (χ2v) is 4.20. The van der Waals surface area contributed by atoms with Gasteiger partial charge in [0.1, 0.15) is 5.82 Å². The first-order valence-corrected chi connectivity index (χ1v) is 6.31. The molecule has 1 aromatic heterocycles. The molecule has 1 aromatic carbocycles. The van der Waals surface area contributed by atoms with E-state index in [9.17, 15) is 13.6 Å². The lowest BCUT2D eigenvalue weighted by Gasteiger charge is -2.11. The van der Waals surface area contributed by atoms with Gasteiger partial charge < -0.3 is 10.6 Å². The van der Waals surface area contributed by atoms with Crippen molar-refractivity contribution in [1.29, 1.82) is 0 Å². The zero-order valence-corrected chi connectivity index (χ0v) is 11.0. The molecule has 2 N–H and O–H groups in total. The van der Waals surface area contributed by atoms with E-state index in [-0.39, 0.29) is 0 Å². The molecule has 1 heterocycles. The Morgan fingerprint density at radius 2 is 2.00 bits per heavy atom. The van der Waals surface area contributed by atoms with Crippen molar-refractivity contribution in [2.45, 2.75) is 13.3 Å². The van der Waals surface area contributed by atoms with E-state index in [1.54, 1.807) is 12.1 Å². The number of alkyl halides is 2. The van der Waals surface area contributed by atoms with Gasteiger partial charge >= 0.3 is 0 Å². The van der Waals surface area contributed by atoms with E-state index < -0.39 is 18.9 Å². The Hall–Kier alpha value is -2.24. The van der Waals surface area contributed by atoms with Crippen LogP contribution in [0.5, 0.6) is 0 Å². The summed E-state index contributed by atoms with van der Waals surface area (Å²) in [6.07, 6.45) is -1.17. The highest BCUT2D eigenvalue weighted by Crippen LogP contribution is 2.24. The minimum absolute atomic E-state index is 0.294. The summed E-state index contributed by atoms with van der Waals surface area (Å²) in [6, 6.07) is 7.24. The third-order valence-corrected chi connectivity index (χ3v) is 2.80. The van der Waals surface area contributed by atoms with Crippen molar-refractivity contribution < 1.29 is 13.6 Å². The first kappa shape index (κ1) is 14.2. The molecular formula is C14H15F2N3O. The molecule has 0 fully saturated rings. The highest BCUT2D eigenvalue weighted by Gasteiger charge is 2.14. The van der Waals surface area contributed by atoms with Gasteiger partial charge in [0, 0.05) is 18.1 Å². The fourth-order valence-electron chi connectivity index (χ4n) is 1.95. The number of pyridine rings is 1. The van der Waals surface area contributed by atoms with Crippen LogP contribution in [-0.4, -0.2) is 30.4 Å². The zero-order valence-electron chi connectivity index (χ0n) is 11.0. The van der Waals surface area contributed by atoms with Crippen molar-refractivity contribution >= 4 is 22.5 Å². The van der Waals surface area contributed by atoms with E-state index in [1.807, 2.05) is 19.1 Å². The number of carbonyl (C=O) groups is 1. The monoisotopic (exact) mass is 279 g/mol. The maximum absolute atomic E-state index is 12.1. The molecular weight excluding hydrogens is 264 g/mol. The van der Waals surface area contributed by atoms with Crippen LogP contribution in [0, 0.1) is 0 Å². The normalized spacial score (nSPS) is 10.8. The smallest absolute Gasteiger partial charge is 0.255 e. The summed E-state index contributed by atoms with van der Waals surface area (Å²) in [5, 5.41) is 6.77. The van der Waals surface area contributed by atoms with Crippen LogP contribution in [-0.2, 0) is 0 Å². The maximum atomic E-state index is 12.1. The van der Waals surface area contributed by atoms with Crippen molar-refractivity contribution in [3.63, 3.8) is 0 Å². The van der Waals surface area contributed by atoms with Gasteiger partial charge in [-0.15, -0.1) is 0 Å². The molecule has 2 aromatic rings. The van der Waals surface area contributed by atoms with Crippen LogP contribution in [0.4, 0.5) is 14.6 Å². The average molecular weight is 279 g/mol. The standard InChI is InChI=1S/C14H15F2N3O/c1-2-17-13-10-6-4-3-5-9(10)11(7-18-13)14(20)19-8-12(15)16/h3-7,12H,2,8H2,1H3,(H,17,18)(H,19,20). The number of hydrogen-bond donors (Lipinski definition) is 2. The minimum atomic E-state index is -2.57. The second kappa shape index (κ2) is 6.27. The fourth-order valence-corrected chi connectivity index (χ4v) is 1.95. The van der Waals surface area contributed by atoms with Crippen LogP contribution in [0.25, 0.3) is 10.8 Å². The van der Waals surface area contributed by atoms with E-state index in [0.29, 0.717) is 23.3 Å². The number of rotatable bonds is 5. The van der Waals surface area contributed by atoms with Crippen molar-refractivity contribution in [3.05, 3.63) is 36.0 Å². The van der Waals surface area contributed by atoms with Gasteiger partial charge in [-0.3, -0.25) is 4.79 Å². The Morgan fingerprint density at radius 3 is 2.65 bits per heavy atom. The Bertz CT molecular complexity index is 616. The molecule has 0 bridgehead atoms. The van der Waals surface area contributed by atoms with Crippen molar-refractivity contribution in [3.8, 4) is 0 Å². The number of anilines is 1. The van der Waals surface area contributed by atoms with Gasteiger partial charge in [-0.25, -0.2) is 13.8 Å². The predicted molar refractivity (Wildman–Crippen MR) is 74.2 cm³/mol. The first-order chi connectivity index (χ1) is 9.63. The van der Waals surface area contributed by atoms with Crippen LogP contribution in [0.1, 0.15) is 17.3 Å². The molecule has 1 amide bonds. The Kier molecular flexibility index (Phi) is 4.45. The van der Waals surface area contributed by atoms with E-state index in [2.05, 4.69) is 15.6 Å². The summed E-state index contributed by atoms with van der Waals surface area (Å²) in [4.78, 5) is 16.1. The molecule has 0 spiro atoms. The summed E-state index contributed by atoms with van der Waals surface area (Å²) in [5.41, 5.74) is 0.294. The summed E-state index contributed by atoms with van der Waals surface area (Å²) < 4.78 is 24.3. The SMILES string of the molecule is CCNc1ncc(C(=O)NCC(F)F)c2ccccc12. The average Bonchev–Trinajstić information content (AvgIpc) is 2.45. The van der Waals surface area contributed by atoms with Crippen LogP contribution in [0.3, 0.4) is 0 Å². The number of benzene rings is 1. The van der Waals surface area contributed by atoms with Gasteiger partial charge in [-0.2, -0.15) is 0 Å². The first-order valence-electron chi connectivity index (χ1n) is 6.31. The predicted octanol–water partition coefficient (Wildman–Crippen LogP) is 2.66. The largest absolute Gasteiger partial charge is 0.370 e. The van der Waals surface area contributed by atoms with Crippen LogP contribution >= 0.6 is 0 Å². The number of nitrogens with zero attached hydrogens (tertiary/aromatic N) is 1. The summed E-state index contributed by atoms with van der Waals surface area (Å²) >= 11 is 0. The fraction of sp³-hybridized carbons (Fsp3) is 0.286. The quantitative estimate of drug-likeness (QED) is 0.884. The molecule has 4 nitrogen and oxygen atoms in total. The molecule has 2 rings (SSSR count). The van der Waals surface area contributed by atoms with E-state index in [4.69, 9.17) is 0 Å². The molecule has 0 aliphatic heterocycles. The van der Waals surface area contributed by atoms with Crippen molar-refractivity contribution in [2.24, 2.45) is 0 Å². The number of carbonyl (C=O) groups excluding carboxylic acids is 1. The topological polar surface area (TPSA) is 54.0 Å². The highest BCUT2D eigenvalue weighted by atomic mass is 19.3. The Morgan fingerprint density at radius 1 is 1.30 bits per heavy atom. The molecule has 0 atom stereocenters. The van der Waals surface area contributed by atoms with Gasteiger partial charge in [-0.05, 0) is 12.3 Å². The van der Waals surface area contributed by atoms with Gasteiger partial charge in [0.05, 0.1) is 12.1 Å². The lowest BCUT2D eigenvalue weighted by atomic mass is 10.1. The number of amides is 1. The molecule has 0 unspecified atom stereocenters. The molecule has 20 heavy (non-hydrogen) atoms. The van der Waals surface area contributed by atoms with Gasteiger partial charge in [-0.1, -0.05) is 24.3 Å². The number of fused-ring (bicyclic) bond motifs is 1. The van der Waals surface area contributed by atoms with Crippen molar-refractivity contribution in [2.75, 3.05) is 18.4 Å². The zero-order chi connectivity index (χ0) is 14.5. The third-order valence-electron chi connectivity index (χ3n) is 2.80. The molecule has 6 heteroatoms. The summed E-state index contributed by atoms with van der Waals surface area (Å²) in [7, 11) is 0. The van der Waals surface area contributed by atoms with Gasteiger partial charge in [0.2, 0.25) is 0 Å². The highest BCUT2D eigenvalue weighted by molar-refractivity contribution is 6.09. The number of nitrogens with one attached hydrogen (secondary N) is 2. The molecule has 0 saturated carbocycles. The number of aromatic nitrogens is 1. The van der Waals surface area contributed by atoms with Gasteiger partial charge in [0.15, 0.2) is 0 Å². The minimum Gasteiger partial charge on any atom is -0.370 e. The lowest BCUT2D eigenvalue weighted by molar-refractivity contribution is 0.0893. The van der Waals surface area contributed by atoms with E-state index in [1.165, 1.54) is 6.20 Å². The van der Waals surface area contributed by atoms with Crippen LogP contribution < -0.4 is 10.6 Å². The summed E-state index contributed by atoms with van der Waals surface area (Å²) in [6.45, 7) is 1.98. The van der Waals surface area contributed by atoms with Crippen molar-refractivity contribution in [1.82, 2.24) is 10.3 Å². The number of halogens is 2. The third kappa shape index (κ3) is 3.01.